The van der Waals surface area contributed by atoms with Crippen molar-refractivity contribution in [3.8, 4) is 0 Å². The van der Waals surface area contributed by atoms with Crippen LogP contribution in [0.1, 0.15) is 13.8 Å². The lowest BCUT2D eigenvalue weighted by Gasteiger charge is -2.07. The molecule has 0 aromatic heterocycles. The van der Waals surface area contributed by atoms with Crippen LogP contribution >= 0.6 is 0 Å². The number of allylic oxidation sites excluding steroid dienone is 1. The zero-order valence-electron chi connectivity index (χ0n) is 9.60. The maximum Gasteiger partial charge on any atom is 0.471 e. The van der Waals surface area contributed by atoms with Crippen molar-refractivity contribution in [2.75, 3.05) is 13.1 Å². The molecule has 0 saturated carbocycles. The summed E-state index contributed by atoms with van der Waals surface area (Å²) in [6.07, 6.45) is -1.93. The van der Waals surface area contributed by atoms with E-state index in [-0.39, 0.29) is 19.0 Å². The largest absolute Gasteiger partial charge is 0.471 e. The van der Waals surface area contributed by atoms with E-state index in [1.165, 1.54) is 6.08 Å². The van der Waals surface area contributed by atoms with E-state index in [2.05, 4.69) is 5.32 Å². The van der Waals surface area contributed by atoms with Crippen LogP contribution in [0.3, 0.4) is 0 Å². The van der Waals surface area contributed by atoms with Crippen LogP contribution in [0.15, 0.2) is 12.2 Å². The van der Waals surface area contributed by atoms with Crippen molar-refractivity contribution in [1.29, 1.82) is 0 Å². The third-order valence-electron chi connectivity index (χ3n) is 1.60. The van der Waals surface area contributed by atoms with Crippen molar-refractivity contribution in [3.63, 3.8) is 0 Å². The second kappa shape index (κ2) is 6.93. The zero-order chi connectivity index (χ0) is 13.5. The number of carbonyl (C=O) groups excluding carboxylic acids is 2. The van der Waals surface area contributed by atoms with Crippen LogP contribution in [0.4, 0.5) is 13.2 Å². The highest BCUT2D eigenvalue weighted by molar-refractivity contribution is 5.87. The number of hydrogen-bond donors (Lipinski definition) is 2. The van der Waals surface area contributed by atoms with Gasteiger partial charge in [-0.15, -0.1) is 0 Å². The van der Waals surface area contributed by atoms with Gasteiger partial charge in [-0.3, -0.25) is 9.59 Å². The third-order valence-corrected chi connectivity index (χ3v) is 1.60. The minimum atomic E-state index is -4.89. The molecule has 0 bridgehead atoms. The topological polar surface area (TPSA) is 58.2 Å². The molecule has 98 valence electrons. The van der Waals surface area contributed by atoms with Crippen LogP contribution in [0.5, 0.6) is 0 Å². The summed E-state index contributed by atoms with van der Waals surface area (Å²) in [7, 11) is 0. The quantitative estimate of drug-likeness (QED) is 0.566. The van der Waals surface area contributed by atoms with Gasteiger partial charge in [0.2, 0.25) is 5.91 Å². The van der Waals surface area contributed by atoms with E-state index in [0.717, 1.165) is 0 Å². The smallest absolute Gasteiger partial charge is 0.351 e. The second-order valence-corrected chi connectivity index (χ2v) is 3.65. The molecule has 0 saturated heterocycles. The van der Waals surface area contributed by atoms with Crippen LogP contribution in [0.25, 0.3) is 0 Å². The molecule has 0 heterocycles. The zero-order valence-corrected chi connectivity index (χ0v) is 9.60. The van der Waals surface area contributed by atoms with E-state index in [1.54, 1.807) is 11.4 Å². The maximum absolute atomic E-state index is 11.7. The Morgan fingerprint density at radius 2 is 1.71 bits per heavy atom. The normalized spacial score (nSPS) is 11.9. The number of rotatable bonds is 5. The lowest BCUT2D eigenvalue weighted by molar-refractivity contribution is -0.173. The van der Waals surface area contributed by atoms with E-state index < -0.39 is 18.0 Å². The van der Waals surface area contributed by atoms with Gasteiger partial charge < -0.3 is 10.6 Å². The Kier molecular flexibility index (Phi) is 6.30. The van der Waals surface area contributed by atoms with Gasteiger partial charge in [-0.25, -0.2) is 0 Å². The van der Waals surface area contributed by atoms with E-state index in [1.807, 2.05) is 13.8 Å². The van der Waals surface area contributed by atoms with Gasteiger partial charge in [0.15, 0.2) is 0 Å². The van der Waals surface area contributed by atoms with Crippen LogP contribution in [-0.2, 0) is 9.59 Å². The molecule has 0 aromatic carbocycles. The summed E-state index contributed by atoms with van der Waals surface area (Å²) in [6.45, 7) is 3.45. The molecule has 7 heteroatoms. The average molecular weight is 252 g/mol. The number of amides is 2. The molecule has 0 unspecified atom stereocenters. The first kappa shape index (κ1) is 15.5. The monoisotopic (exact) mass is 252 g/mol. The second-order valence-electron chi connectivity index (χ2n) is 3.65. The fourth-order valence-corrected chi connectivity index (χ4v) is 0.801. The highest BCUT2D eigenvalue weighted by Gasteiger charge is 2.38. The molecular formula is C10H15F3N2O2. The number of halogens is 3. The minimum absolute atomic E-state index is 0.0525. The van der Waals surface area contributed by atoms with Gasteiger partial charge in [0, 0.05) is 13.1 Å². The average Bonchev–Trinajstić information content (AvgIpc) is 2.19. The number of alkyl halides is 3. The van der Waals surface area contributed by atoms with Gasteiger partial charge in [0.1, 0.15) is 0 Å². The fourth-order valence-electron chi connectivity index (χ4n) is 0.801. The molecule has 2 amide bonds. The molecular weight excluding hydrogens is 237 g/mol. The van der Waals surface area contributed by atoms with Crippen molar-refractivity contribution >= 4 is 11.8 Å². The van der Waals surface area contributed by atoms with Crippen LogP contribution in [-0.4, -0.2) is 31.1 Å². The fraction of sp³-hybridized carbons (Fsp3) is 0.600. The molecule has 4 nitrogen and oxygen atoms in total. The van der Waals surface area contributed by atoms with Gasteiger partial charge in [-0.1, -0.05) is 19.9 Å². The summed E-state index contributed by atoms with van der Waals surface area (Å²) in [5, 5.41) is 3.98. The molecule has 0 rings (SSSR count). The lowest BCUT2D eigenvalue weighted by Crippen LogP contribution is -2.40. The maximum atomic E-state index is 11.7. The Labute approximate surface area is 97.3 Å². The summed E-state index contributed by atoms with van der Waals surface area (Å²) >= 11 is 0. The third kappa shape index (κ3) is 8.29. The van der Waals surface area contributed by atoms with Crippen LogP contribution < -0.4 is 10.6 Å². The van der Waals surface area contributed by atoms with Crippen molar-refractivity contribution in [2.45, 2.75) is 20.0 Å². The minimum Gasteiger partial charge on any atom is -0.351 e. The molecule has 0 aliphatic carbocycles. The molecule has 2 N–H and O–H groups in total. The Morgan fingerprint density at radius 3 is 2.18 bits per heavy atom. The predicted octanol–water partition coefficient (Wildman–Crippen LogP) is 0.993. The lowest BCUT2D eigenvalue weighted by atomic mass is 10.2. The van der Waals surface area contributed by atoms with Gasteiger partial charge in [0.05, 0.1) is 0 Å². The number of hydrogen-bond acceptors (Lipinski definition) is 2. The Morgan fingerprint density at radius 1 is 1.18 bits per heavy atom. The molecule has 0 atom stereocenters. The molecule has 0 fully saturated rings. The highest BCUT2D eigenvalue weighted by atomic mass is 19.4. The highest BCUT2D eigenvalue weighted by Crippen LogP contribution is 2.13. The summed E-state index contributed by atoms with van der Waals surface area (Å²) < 4.78 is 35.2. The first-order valence-electron chi connectivity index (χ1n) is 5.04. The predicted molar refractivity (Wildman–Crippen MR) is 56.1 cm³/mol. The van der Waals surface area contributed by atoms with Gasteiger partial charge in [-0.2, -0.15) is 13.2 Å². The van der Waals surface area contributed by atoms with Gasteiger partial charge in [-0.05, 0) is 12.0 Å². The first-order chi connectivity index (χ1) is 7.73. The summed E-state index contributed by atoms with van der Waals surface area (Å²) in [5.41, 5.74) is 0. The van der Waals surface area contributed by atoms with Crippen molar-refractivity contribution in [2.24, 2.45) is 5.92 Å². The molecule has 0 aliphatic rings. The van der Waals surface area contributed by atoms with E-state index >= 15 is 0 Å². The summed E-state index contributed by atoms with van der Waals surface area (Å²) in [4.78, 5) is 21.4. The van der Waals surface area contributed by atoms with Crippen molar-refractivity contribution < 1.29 is 22.8 Å². The molecule has 0 aliphatic heterocycles. The van der Waals surface area contributed by atoms with Crippen LogP contribution in [0, 0.1) is 5.92 Å². The van der Waals surface area contributed by atoms with E-state index in [0.29, 0.717) is 0 Å². The SMILES string of the molecule is CC(C)/C=C/C(=O)NCCNC(=O)C(F)(F)F. The number of carbonyl (C=O) groups is 2. The molecule has 0 spiro atoms. The van der Waals surface area contributed by atoms with Crippen molar-refractivity contribution in [1.82, 2.24) is 10.6 Å². The summed E-state index contributed by atoms with van der Waals surface area (Å²) in [5.74, 6) is -2.20. The Balaban J connectivity index is 3.73. The molecule has 0 radical (unpaired) electrons. The number of nitrogens with one attached hydrogen (secondary N) is 2. The van der Waals surface area contributed by atoms with Crippen LogP contribution in [0.2, 0.25) is 0 Å². The standard InChI is InChI=1S/C10H15F3N2O2/c1-7(2)3-4-8(16)14-5-6-15-9(17)10(11,12)13/h3-4,7H,5-6H2,1-2H3,(H,14,16)(H,15,17)/b4-3+. The van der Waals surface area contributed by atoms with Crippen molar-refractivity contribution in [3.05, 3.63) is 12.2 Å². The summed E-state index contributed by atoms with van der Waals surface area (Å²) in [6, 6.07) is 0. The molecule has 0 aromatic rings. The van der Waals surface area contributed by atoms with Gasteiger partial charge >= 0.3 is 12.1 Å². The first-order valence-corrected chi connectivity index (χ1v) is 5.04. The Hall–Kier alpha value is -1.53. The molecule has 17 heavy (non-hydrogen) atoms. The van der Waals surface area contributed by atoms with E-state index in [9.17, 15) is 22.8 Å². The van der Waals surface area contributed by atoms with E-state index in [4.69, 9.17) is 0 Å². The van der Waals surface area contributed by atoms with Gasteiger partial charge in [0.25, 0.3) is 0 Å². The Bertz CT molecular complexity index is 298.